The summed E-state index contributed by atoms with van der Waals surface area (Å²) in [6, 6.07) is 48.9. The summed E-state index contributed by atoms with van der Waals surface area (Å²) in [7, 11) is 0. The summed E-state index contributed by atoms with van der Waals surface area (Å²) in [5.74, 6) is -0.821. The van der Waals surface area contributed by atoms with Crippen molar-refractivity contribution in [2.75, 3.05) is 23.4 Å². The lowest BCUT2D eigenvalue weighted by atomic mass is 9.84. The van der Waals surface area contributed by atoms with E-state index in [0.29, 0.717) is 55.6 Å². The van der Waals surface area contributed by atoms with Crippen LogP contribution in [0, 0.1) is 5.82 Å². The molecule has 3 atom stereocenters. The highest BCUT2D eigenvalue weighted by Gasteiger charge is 2.44. The van der Waals surface area contributed by atoms with Gasteiger partial charge in [-0.1, -0.05) is 109 Å². The summed E-state index contributed by atoms with van der Waals surface area (Å²) < 4.78 is 19.4. The molecule has 0 aromatic heterocycles. The summed E-state index contributed by atoms with van der Waals surface area (Å²) in [6.07, 6.45) is 5.72. The second kappa shape index (κ2) is 22.2. The van der Waals surface area contributed by atoms with Gasteiger partial charge in [0.15, 0.2) is 0 Å². The average molecular weight is 922 g/mol. The van der Waals surface area contributed by atoms with E-state index in [2.05, 4.69) is 94.8 Å². The average Bonchev–Trinajstić information content (AvgIpc) is 3.78. The summed E-state index contributed by atoms with van der Waals surface area (Å²) >= 11 is 3.49. The van der Waals surface area contributed by atoms with Crippen LogP contribution in [0.25, 0.3) is 0 Å². The van der Waals surface area contributed by atoms with Gasteiger partial charge in [0, 0.05) is 46.1 Å². The van der Waals surface area contributed by atoms with Crippen LogP contribution in [0.1, 0.15) is 90.7 Å². The Morgan fingerprint density at radius 3 is 1.94 bits per heavy atom. The number of carbonyl (C=O) groups excluding carboxylic acids is 3. The number of amides is 1. The summed E-state index contributed by atoms with van der Waals surface area (Å²) in [5.41, 5.74) is 7.32. The minimum Gasteiger partial charge on any atom is -0.458 e. The van der Waals surface area contributed by atoms with Crippen LogP contribution in [0.4, 0.5) is 15.8 Å². The van der Waals surface area contributed by atoms with Crippen molar-refractivity contribution in [2.24, 2.45) is 0 Å². The molecule has 7 nitrogen and oxygen atoms in total. The fraction of sp³-hybridized carbons (Fsp3) is 0.304. The number of rotatable bonds is 19. The molecule has 0 radical (unpaired) electrons. The predicted molar refractivity (Wildman–Crippen MR) is 270 cm³/mol. The third-order valence-electron chi connectivity index (χ3n) is 11.8. The van der Waals surface area contributed by atoms with Crippen molar-refractivity contribution in [3.8, 4) is 0 Å². The molecule has 342 valence electrons. The van der Waals surface area contributed by atoms with Crippen molar-refractivity contribution in [3.63, 3.8) is 0 Å². The van der Waals surface area contributed by atoms with Crippen molar-refractivity contribution in [3.05, 3.63) is 196 Å². The van der Waals surface area contributed by atoms with E-state index in [1.807, 2.05) is 87.3 Å². The van der Waals surface area contributed by atoms with Gasteiger partial charge in [-0.25, -0.2) is 9.18 Å². The molecule has 6 aromatic carbocycles. The van der Waals surface area contributed by atoms with Gasteiger partial charge in [-0.05, 0) is 142 Å². The number of ketones is 1. The molecule has 1 amide bonds. The number of aryl methyl sites for hydroxylation is 3. The van der Waals surface area contributed by atoms with Gasteiger partial charge in [-0.2, -0.15) is 0 Å². The maximum atomic E-state index is 14.5. The number of esters is 1. The smallest absolute Gasteiger partial charge is 0.330 e. The maximum Gasteiger partial charge on any atom is 0.330 e. The van der Waals surface area contributed by atoms with Gasteiger partial charge in [0.25, 0.3) is 5.91 Å². The first-order valence-corrected chi connectivity index (χ1v) is 24.8. The van der Waals surface area contributed by atoms with Crippen LogP contribution in [0.5, 0.6) is 0 Å². The highest BCUT2D eigenvalue weighted by atomic mass is 32.2. The third kappa shape index (κ3) is 12.6. The van der Waals surface area contributed by atoms with Gasteiger partial charge < -0.3 is 25.5 Å². The summed E-state index contributed by atoms with van der Waals surface area (Å²) in [6.45, 7) is 7.87. The monoisotopic (exact) mass is 921 g/mol. The van der Waals surface area contributed by atoms with Crippen LogP contribution in [0.3, 0.4) is 0 Å². The Morgan fingerprint density at radius 2 is 1.36 bits per heavy atom. The van der Waals surface area contributed by atoms with E-state index in [0.717, 1.165) is 28.0 Å². The second-order valence-corrected chi connectivity index (χ2v) is 20.4. The van der Waals surface area contributed by atoms with Gasteiger partial charge in [0.2, 0.25) is 0 Å². The minimum absolute atomic E-state index is 0.0990. The van der Waals surface area contributed by atoms with E-state index in [1.165, 1.54) is 28.8 Å². The molecular formula is C56H60FN3O4S2. The Balaban J connectivity index is 1.20. The fourth-order valence-electron chi connectivity index (χ4n) is 8.68. The molecule has 1 fully saturated rings. The van der Waals surface area contributed by atoms with E-state index in [4.69, 9.17) is 4.74 Å². The Hall–Kier alpha value is -5.68. The summed E-state index contributed by atoms with van der Waals surface area (Å²) in [5, 5.41) is 10.5. The van der Waals surface area contributed by atoms with E-state index in [1.54, 1.807) is 30.8 Å². The SMILES string of the molecule is CSc1cc(CCCC(C)=O)cc(NC(=O)c2cc(NC(C(=O)OC(C)(C)C)C3CC(SC(c4ccccc4)(c4ccccc4)c4ccccc4)CN3)ccc2CCc2ccc(F)cc2)c1. The maximum absolute atomic E-state index is 14.5. The lowest BCUT2D eigenvalue weighted by Crippen LogP contribution is -2.48. The predicted octanol–water partition coefficient (Wildman–Crippen LogP) is 12.1. The molecule has 0 spiro atoms. The van der Waals surface area contributed by atoms with Crippen LogP contribution in [0.2, 0.25) is 0 Å². The van der Waals surface area contributed by atoms with Crippen LogP contribution in [0.15, 0.2) is 157 Å². The van der Waals surface area contributed by atoms with Crippen molar-refractivity contribution < 1.29 is 23.5 Å². The van der Waals surface area contributed by atoms with Gasteiger partial charge in [0.05, 0.1) is 4.75 Å². The zero-order valence-electron chi connectivity index (χ0n) is 38.4. The molecule has 0 bridgehead atoms. The number of benzene rings is 6. The summed E-state index contributed by atoms with van der Waals surface area (Å²) in [4.78, 5) is 41.6. The molecular weight excluding hydrogens is 862 g/mol. The molecule has 6 aromatic rings. The fourth-order valence-corrected chi connectivity index (χ4v) is 11.0. The molecule has 7 rings (SSSR count). The van der Waals surface area contributed by atoms with E-state index in [9.17, 15) is 18.8 Å². The van der Waals surface area contributed by atoms with Crippen LogP contribution in [-0.4, -0.2) is 53.4 Å². The van der Waals surface area contributed by atoms with Crippen molar-refractivity contribution in [1.82, 2.24) is 5.32 Å². The van der Waals surface area contributed by atoms with E-state index >= 15 is 0 Å². The Labute approximate surface area is 398 Å². The van der Waals surface area contributed by atoms with Crippen LogP contribution >= 0.6 is 23.5 Å². The number of halogens is 1. The first kappa shape index (κ1) is 48.3. The quantitative estimate of drug-likeness (QED) is 0.0420. The molecule has 3 unspecified atom stereocenters. The molecule has 0 saturated carbocycles. The highest BCUT2D eigenvalue weighted by molar-refractivity contribution is 8.01. The molecule has 1 heterocycles. The largest absolute Gasteiger partial charge is 0.458 e. The van der Waals surface area contributed by atoms with Crippen molar-refractivity contribution in [2.45, 2.75) is 98.8 Å². The van der Waals surface area contributed by atoms with Crippen LogP contribution in [-0.2, 0) is 38.3 Å². The van der Waals surface area contributed by atoms with E-state index in [-0.39, 0.29) is 34.8 Å². The molecule has 1 saturated heterocycles. The van der Waals surface area contributed by atoms with E-state index < -0.39 is 16.4 Å². The van der Waals surface area contributed by atoms with Gasteiger partial charge in [-0.3, -0.25) is 4.79 Å². The van der Waals surface area contributed by atoms with Gasteiger partial charge in [0.1, 0.15) is 23.2 Å². The number of anilines is 2. The van der Waals surface area contributed by atoms with Crippen molar-refractivity contribution in [1.29, 1.82) is 0 Å². The normalized spacial score (nSPS) is 15.5. The lowest BCUT2D eigenvalue weighted by Gasteiger charge is -2.37. The molecule has 66 heavy (non-hydrogen) atoms. The zero-order valence-corrected chi connectivity index (χ0v) is 40.1. The Kier molecular flexibility index (Phi) is 16.2. The number of thioether (sulfide) groups is 2. The number of carbonyl (C=O) groups is 3. The molecule has 3 N–H and O–H groups in total. The molecule has 10 heteroatoms. The third-order valence-corrected chi connectivity index (χ3v) is 14.3. The number of hydrogen-bond donors (Lipinski definition) is 3. The zero-order chi connectivity index (χ0) is 46.7. The lowest BCUT2D eigenvalue weighted by molar-refractivity contribution is -0.156. The molecule has 1 aliphatic rings. The minimum atomic E-state index is -0.786. The molecule has 0 aliphatic carbocycles. The number of hydrogen-bond acceptors (Lipinski definition) is 8. The number of ether oxygens (including phenoxy) is 1. The topological polar surface area (TPSA) is 96.5 Å². The Morgan fingerprint density at radius 1 is 0.742 bits per heavy atom. The Bertz CT molecular complexity index is 2470. The van der Waals surface area contributed by atoms with Gasteiger partial charge in [-0.15, -0.1) is 23.5 Å². The number of nitrogens with one attached hydrogen (secondary N) is 3. The first-order chi connectivity index (χ1) is 31.8. The first-order valence-electron chi connectivity index (χ1n) is 22.7. The number of Topliss-reactive ketones (excluding diaryl/α,β-unsaturated/α-hetero) is 1. The molecule has 1 aliphatic heterocycles. The second-order valence-electron chi connectivity index (χ2n) is 18.0. The highest BCUT2D eigenvalue weighted by Crippen LogP contribution is 2.51. The van der Waals surface area contributed by atoms with Crippen molar-refractivity contribution >= 4 is 52.6 Å². The van der Waals surface area contributed by atoms with Crippen LogP contribution < -0.4 is 16.0 Å². The van der Waals surface area contributed by atoms with Gasteiger partial charge >= 0.3 is 5.97 Å². The standard InChI is InChI=1S/C56H60FN3O4S2/c1-38(61)16-15-17-40-32-47(34-48(33-40)65-5)60-53(62)50-35-46(31-28-41(50)27-24-39-25-29-45(57)30-26-39)59-52(54(63)64-55(2,3)4)51-36-49(37-58-51)66-56(42-18-9-6-10-19-42,43-20-11-7-12-21-43)44-22-13-8-14-23-44/h6-14,18-23,25-26,28-35,49,51-52,58-59H,15-17,24,27,36-37H2,1-5H3,(H,60,62).